The second-order valence-corrected chi connectivity index (χ2v) is 7.78. The lowest BCUT2D eigenvalue weighted by molar-refractivity contribution is -0.132. The van der Waals surface area contributed by atoms with E-state index in [0.29, 0.717) is 12.5 Å². The Morgan fingerprint density at radius 2 is 1.72 bits per heavy atom. The monoisotopic (exact) mass is 399 g/mol. The van der Waals surface area contributed by atoms with Crippen LogP contribution in [0.2, 0.25) is 0 Å². The van der Waals surface area contributed by atoms with Crippen LogP contribution in [0.3, 0.4) is 0 Å². The quantitative estimate of drug-likeness (QED) is 0.599. The van der Waals surface area contributed by atoms with Gasteiger partial charge in [0, 0.05) is 25.4 Å². The van der Waals surface area contributed by atoms with Crippen LogP contribution in [0.15, 0.2) is 48.8 Å². The second kappa shape index (κ2) is 9.91. The Hall–Kier alpha value is -3.09. The highest BCUT2D eigenvalue weighted by Gasteiger charge is 2.42. The molecule has 2 amide bonds. The molecule has 0 bridgehead atoms. The highest BCUT2D eigenvalue weighted by atomic mass is 16.4. The van der Waals surface area contributed by atoms with E-state index >= 15 is 0 Å². The van der Waals surface area contributed by atoms with Crippen molar-refractivity contribution in [3.63, 3.8) is 0 Å². The number of benzene rings is 1. The third kappa shape index (κ3) is 6.20. The Balaban J connectivity index is 2.34. The smallest absolute Gasteiger partial charge is 0.408 e. The average molecular weight is 399 g/mol. The highest BCUT2D eigenvalue weighted by molar-refractivity contribution is 5.89. The third-order valence-electron chi connectivity index (χ3n) is 4.90. The molecule has 0 saturated carbocycles. The lowest BCUT2D eigenvalue weighted by Crippen LogP contribution is -2.59. The van der Waals surface area contributed by atoms with Crippen molar-refractivity contribution in [3.05, 3.63) is 59.9 Å². The first-order chi connectivity index (χ1) is 13.7. The first-order valence-electron chi connectivity index (χ1n) is 9.68. The molecule has 1 aromatic carbocycles. The number of carboxylic acid groups (broad SMARTS) is 1. The number of aromatic nitrogens is 1. The van der Waals surface area contributed by atoms with Gasteiger partial charge in [-0.3, -0.25) is 14.7 Å². The van der Waals surface area contributed by atoms with Crippen LogP contribution < -0.4 is 5.32 Å². The van der Waals surface area contributed by atoms with Crippen molar-refractivity contribution in [2.45, 2.75) is 45.7 Å². The fourth-order valence-electron chi connectivity index (χ4n) is 3.10. The predicted molar refractivity (Wildman–Crippen MR) is 110 cm³/mol. The average Bonchev–Trinajstić information content (AvgIpc) is 2.68. The molecule has 0 saturated heterocycles. The van der Waals surface area contributed by atoms with E-state index in [1.54, 1.807) is 43.6 Å². The maximum Gasteiger partial charge on any atom is 0.408 e. The number of hydrogen-bond acceptors (Lipinski definition) is 4. The molecule has 0 aliphatic carbocycles. The first kappa shape index (κ1) is 22.2. The number of pyridine rings is 1. The molecule has 29 heavy (non-hydrogen) atoms. The van der Waals surface area contributed by atoms with Gasteiger partial charge < -0.3 is 15.5 Å². The van der Waals surface area contributed by atoms with Crippen molar-refractivity contribution in [1.29, 1.82) is 0 Å². The molecule has 0 spiro atoms. The van der Waals surface area contributed by atoms with E-state index in [1.807, 2.05) is 0 Å². The summed E-state index contributed by atoms with van der Waals surface area (Å²) >= 11 is 0. The minimum Gasteiger partial charge on any atom is -0.508 e. The molecule has 3 N–H and O–H groups in total. The van der Waals surface area contributed by atoms with Crippen molar-refractivity contribution in [2.24, 2.45) is 5.92 Å². The van der Waals surface area contributed by atoms with Crippen LogP contribution in [0, 0.1) is 5.92 Å². The molecule has 1 aromatic heterocycles. The highest BCUT2D eigenvalue weighted by Crippen LogP contribution is 2.25. The van der Waals surface area contributed by atoms with Gasteiger partial charge in [-0.15, -0.1) is 0 Å². The van der Waals surface area contributed by atoms with Gasteiger partial charge in [-0.25, -0.2) is 4.79 Å². The number of amides is 2. The van der Waals surface area contributed by atoms with Crippen molar-refractivity contribution in [2.75, 3.05) is 6.54 Å². The Labute approximate surface area is 171 Å². The summed E-state index contributed by atoms with van der Waals surface area (Å²) in [6.07, 6.45) is 2.99. The minimum atomic E-state index is -1.33. The van der Waals surface area contributed by atoms with Gasteiger partial charge >= 0.3 is 6.09 Å². The minimum absolute atomic E-state index is 0.0596. The predicted octanol–water partition coefficient (Wildman–Crippen LogP) is 3.43. The summed E-state index contributed by atoms with van der Waals surface area (Å²) < 4.78 is 0. The lowest BCUT2D eigenvalue weighted by atomic mass is 9.89. The summed E-state index contributed by atoms with van der Waals surface area (Å²) in [6, 6.07) is 9.91. The van der Waals surface area contributed by atoms with E-state index in [9.17, 15) is 19.8 Å². The Morgan fingerprint density at radius 1 is 1.10 bits per heavy atom. The zero-order chi connectivity index (χ0) is 21.4. The van der Waals surface area contributed by atoms with E-state index in [1.165, 1.54) is 17.0 Å². The molecule has 7 heteroatoms. The molecular formula is C22H29N3O4. The van der Waals surface area contributed by atoms with Gasteiger partial charge in [0.1, 0.15) is 11.3 Å². The normalized spacial score (nSPS) is 13.0. The fraction of sp³-hybridized carbons (Fsp3) is 0.409. The zero-order valence-corrected chi connectivity index (χ0v) is 17.1. The molecule has 1 heterocycles. The van der Waals surface area contributed by atoms with Gasteiger partial charge in [-0.05, 0) is 54.7 Å². The summed E-state index contributed by atoms with van der Waals surface area (Å²) in [5, 5.41) is 22.4. The van der Waals surface area contributed by atoms with Crippen LogP contribution in [0.25, 0.3) is 0 Å². The van der Waals surface area contributed by atoms with Crippen molar-refractivity contribution in [1.82, 2.24) is 15.2 Å². The maximum atomic E-state index is 13.2. The van der Waals surface area contributed by atoms with E-state index in [-0.39, 0.29) is 24.6 Å². The SMILES string of the molecule is CC(C)CCNC(=O)[C@](C)(Cc1ccc(O)cc1)N(Cc1ccncc1)C(=O)O. The summed E-state index contributed by atoms with van der Waals surface area (Å²) in [7, 11) is 0. The van der Waals surface area contributed by atoms with Gasteiger partial charge in [-0.2, -0.15) is 0 Å². The number of hydrogen-bond donors (Lipinski definition) is 3. The molecule has 0 aliphatic rings. The molecule has 0 aliphatic heterocycles. The molecule has 156 valence electrons. The largest absolute Gasteiger partial charge is 0.508 e. The van der Waals surface area contributed by atoms with Crippen LogP contribution in [0.1, 0.15) is 38.3 Å². The van der Waals surface area contributed by atoms with Gasteiger partial charge in [0.05, 0.1) is 6.54 Å². The number of nitrogens with one attached hydrogen (secondary N) is 1. The Morgan fingerprint density at radius 3 is 2.28 bits per heavy atom. The van der Waals surface area contributed by atoms with Gasteiger partial charge in [0.15, 0.2) is 0 Å². The fourth-order valence-corrected chi connectivity index (χ4v) is 3.10. The summed E-state index contributed by atoms with van der Waals surface area (Å²) in [5.41, 5.74) is 0.169. The van der Waals surface area contributed by atoms with Gasteiger partial charge in [-0.1, -0.05) is 26.0 Å². The topological polar surface area (TPSA) is 103 Å². The first-order valence-corrected chi connectivity index (χ1v) is 9.68. The molecule has 2 rings (SSSR count). The van der Waals surface area contributed by atoms with Crippen molar-refractivity contribution >= 4 is 12.0 Å². The molecule has 0 unspecified atom stereocenters. The molecular weight excluding hydrogens is 370 g/mol. The second-order valence-electron chi connectivity index (χ2n) is 7.78. The van der Waals surface area contributed by atoms with Gasteiger partial charge in [0.2, 0.25) is 5.91 Å². The molecule has 7 nitrogen and oxygen atoms in total. The summed E-state index contributed by atoms with van der Waals surface area (Å²) in [5.74, 6) is 0.192. The zero-order valence-electron chi connectivity index (χ0n) is 17.1. The number of aromatic hydroxyl groups is 1. The number of phenols is 1. The maximum absolute atomic E-state index is 13.2. The van der Waals surface area contributed by atoms with E-state index < -0.39 is 11.6 Å². The number of phenolic OH excluding ortho intramolecular Hbond substituents is 1. The standard InChI is InChI=1S/C22H29N3O4/c1-16(2)8-13-24-20(27)22(3,14-17-4-6-19(26)7-5-17)25(21(28)29)15-18-9-11-23-12-10-18/h4-7,9-12,16,26H,8,13-15H2,1-3H3,(H,24,27)(H,28,29)/t22-/m0/s1. The van der Waals surface area contributed by atoms with E-state index in [2.05, 4.69) is 24.1 Å². The van der Waals surface area contributed by atoms with Crippen LogP contribution in [-0.4, -0.2) is 44.2 Å². The summed E-state index contributed by atoms with van der Waals surface area (Å²) in [6.45, 7) is 6.30. The number of carbonyl (C=O) groups excluding carboxylic acids is 1. The number of carbonyl (C=O) groups is 2. The van der Waals surface area contributed by atoms with Gasteiger partial charge in [0.25, 0.3) is 0 Å². The Bertz CT molecular complexity index is 809. The van der Waals surface area contributed by atoms with Crippen LogP contribution in [-0.2, 0) is 17.8 Å². The molecule has 0 radical (unpaired) electrons. The molecule has 0 fully saturated rings. The summed E-state index contributed by atoms with van der Waals surface area (Å²) in [4.78, 5) is 30.5. The molecule has 2 aromatic rings. The lowest BCUT2D eigenvalue weighted by Gasteiger charge is -2.38. The van der Waals surface area contributed by atoms with E-state index in [0.717, 1.165) is 17.5 Å². The molecule has 1 atom stereocenters. The van der Waals surface area contributed by atoms with E-state index in [4.69, 9.17) is 0 Å². The van der Waals surface area contributed by atoms with Crippen molar-refractivity contribution < 1.29 is 19.8 Å². The number of nitrogens with zero attached hydrogens (tertiary/aromatic N) is 2. The Kier molecular flexibility index (Phi) is 7.59. The van der Waals surface area contributed by atoms with Crippen LogP contribution in [0.5, 0.6) is 5.75 Å². The van der Waals surface area contributed by atoms with Crippen molar-refractivity contribution in [3.8, 4) is 5.75 Å². The van der Waals surface area contributed by atoms with Crippen LogP contribution >= 0.6 is 0 Å². The van der Waals surface area contributed by atoms with Crippen LogP contribution in [0.4, 0.5) is 4.79 Å². The number of rotatable bonds is 9. The third-order valence-corrected chi connectivity index (χ3v) is 4.90.